The molecule has 7 heteroatoms. The van der Waals surface area contributed by atoms with Gasteiger partial charge in [0.2, 0.25) is 15.9 Å². The highest BCUT2D eigenvalue weighted by Crippen LogP contribution is 2.26. The van der Waals surface area contributed by atoms with E-state index in [9.17, 15) is 13.2 Å². The van der Waals surface area contributed by atoms with Crippen molar-refractivity contribution < 1.29 is 13.2 Å². The molecule has 1 saturated heterocycles. The zero-order valence-corrected chi connectivity index (χ0v) is 19.4. The average Bonchev–Trinajstić information content (AvgIpc) is 2.64. The van der Waals surface area contributed by atoms with Crippen molar-refractivity contribution in [1.29, 1.82) is 0 Å². The molecule has 2 aromatic rings. The Morgan fingerprint density at radius 2 is 1.72 bits per heavy atom. The summed E-state index contributed by atoms with van der Waals surface area (Å²) in [6.45, 7) is 6.77. The molecule has 0 spiro atoms. The number of anilines is 1. The number of amides is 1. The number of rotatable bonds is 5. The second kappa shape index (κ2) is 8.98. The third-order valence-corrected chi connectivity index (χ3v) is 7.72. The number of hydrogen-bond donors (Lipinski definition) is 1. The Hall–Kier alpha value is -1.70. The topological polar surface area (TPSA) is 66.5 Å². The van der Waals surface area contributed by atoms with E-state index in [0.717, 1.165) is 26.9 Å². The first-order valence-electron chi connectivity index (χ1n) is 9.76. The van der Waals surface area contributed by atoms with Crippen molar-refractivity contribution >= 4 is 37.5 Å². The Bertz CT molecular complexity index is 989. The van der Waals surface area contributed by atoms with E-state index in [4.69, 9.17) is 0 Å². The van der Waals surface area contributed by atoms with Gasteiger partial charge in [0.05, 0.1) is 5.75 Å². The van der Waals surface area contributed by atoms with Gasteiger partial charge in [-0.2, -0.15) is 0 Å². The van der Waals surface area contributed by atoms with Gasteiger partial charge >= 0.3 is 0 Å². The number of hydrogen-bond acceptors (Lipinski definition) is 3. The maximum Gasteiger partial charge on any atom is 0.227 e. The summed E-state index contributed by atoms with van der Waals surface area (Å²) in [7, 11) is -3.40. The van der Waals surface area contributed by atoms with Crippen molar-refractivity contribution in [2.45, 2.75) is 39.4 Å². The molecule has 1 fully saturated rings. The molecule has 3 rings (SSSR count). The Kier molecular flexibility index (Phi) is 6.81. The molecule has 0 unspecified atom stereocenters. The fourth-order valence-electron chi connectivity index (χ4n) is 3.93. The van der Waals surface area contributed by atoms with Crippen molar-refractivity contribution in [2.75, 3.05) is 18.4 Å². The number of aryl methyl sites for hydroxylation is 3. The predicted octanol–water partition coefficient (Wildman–Crippen LogP) is 4.55. The van der Waals surface area contributed by atoms with Crippen LogP contribution in [0.5, 0.6) is 0 Å². The van der Waals surface area contributed by atoms with Crippen LogP contribution in [-0.2, 0) is 20.6 Å². The second-order valence-corrected chi connectivity index (χ2v) is 10.7. The van der Waals surface area contributed by atoms with Crippen LogP contribution in [0.4, 0.5) is 5.69 Å². The lowest BCUT2D eigenvalue weighted by molar-refractivity contribution is -0.120. The molecule has 0 aromatic heterocycles. The summed E-state index contributed by atoms with van der Waals surface area (Å²) < 4.78 is 27.9. The monoisotopic (exact) mass is 478 g/mol. The van der Waals surface area contributed by atoms with E-state index >= 15 is 0 Å². The van der Waals surface area contributed by atoms with E-state index < -0.39 is 10.0 Å². The normalized spacial score (nSPS) is 16.0. The van der Waals surface area contributed by atoms with Gasteiger partial charge in [0, 0.05) is 29.2 Å². The maximum atomic E-state index is 12.8. The van der Waals surface area contributed by atoms with Crippen LogP contribution in [0.3, 0.4) is 0 Å². The van der Waals surface area contributed by atoms with Crippen LogP contribution >= 0.6 is 15.9 Å². The second-order valence-electron chi connectivity index (χ2n) is 7.82. The quantitative estimate of drug-likeness (QED) is 0.684. The molecule has 156 valence electrons. The summed E-state index contributed by atoms with van der Waals surface area (Å²) in [5, 5.41) is 3.06. The first-order chi connectivity index (χ1) is 13.7. The van der Waals surface area contributed by atoms with E-state index in [1.165, 1.54) is 9.87 Å². The lowest BCUT2D eigenvalue weighted by Gasteiger charge is -2.31. The average molecular weight is 479 g/mol. The lowest BCUT2D eigenvalue weighted by atomic mass is 9.96. The maximum absolute atomic E-state index is 12.8. The van der Waals surface area contributed by atoms with Gasteiger partial charge in [-0.1, -0.05) is 45.8 Å². The van der Waals surface area contributed by atoms with Gasteiger partial charge in [-0.25, -0.2) is 12.7 Å². The smallest absolute Gasteiger partial charge is 0.227 e. The molecule has 1 aliphatic rings. The Balaban J connectivity index is 1.60. The summed E-state index contributed by atoms with van der Waals surface area (Å²) in [6, 6.07) is 11.5. The van der Waals surface area contributed by atoms with Crippen LogP contribution in [0.2, 0.25) is 0 Å². The van der Waals surface area contributed by atoms with E-state index in [1.807, 2.05) is 45.0 Å². The SMILES string of the molecule is Cc1cc(C)c(NC(=O)C2CCN(S(=O)(=O)Cc3cccc(Br)c3)CC2)c(C)c1. The van der Waals surface area contributed by atoms with Crippen molar-refractivity contribution in [3.63, 3.8) is 0 Å². The standard InChI is InChI=1S/C22H27BrN2O3S/c1-15-11-16(2)21(17(3)12-15)24-22(26)19-7-9-25(10-8-19)29(27,28)14-18-5-4-6-20(23)13-18/h4-6,11-13,19H,7-10,14H2,1-3H3,(H,24,26). The number of nitrogens with one attached hydrogen (secondary N) is 1. The number of nitrogens with zero attached hydrogens (tertiary/aromatic N) is 1. The molecular formula is C22H27BrN2O3S. The minimum Gasteiger partial charge on any atom is -0.325 e. The van der Waals surface area contributed by atoms with Gasteiger partial charge < -0.3 is 5.32 Å². The van der Waals surface area contributed by atoms with Gasteiger partial charge in [-0.3, -0.25) is 4.79 Å². The van der Waals surface area contributed by atoms with Crippen molar-refractivity contribution in [3.8, 4) is 0 Å². The molecule has 1 aliphatic heterocycles. The van der Waals surface area contributed by atoms with E-state index in [-0.39, 0.29) is 17.6 Å². The first-order valence-corrected chi connectivity index (χ1v) is 12.2. The number of piperidine rings is 1. The minimum absolute atomic E-state index is 0.0228. The minimum atomic E-state index is -3.40. The fourth-order valence-corrected chi connectivity index (χ4v) is 5.92. The molecule has 1 heterocycles. The zero-order valence-electron chi connectivity index (χ0n) is 17.0. The number of halogens is 1. The first kappa shape index (κ1) is 22.0. The molecule has 0 aliphatic carbocycles. The summed E-state index contributed by atoms with van der Waals surface area (Å²) in [5.41, 5.74) is 4.88. The summed E-state index contributed by atoms with van der Waals surface area (Å²) in [5.74, 6) is -0.220. The number of benzene rings is 2. The molecule has 0 radical (unpaired) electrons. The fraction of sp³-hybridized carbons (Fsp3) is 0.409. The third-order valence-electron chi connectivity index (χ3n) is 5.38. The molecule has 2 aromatic carbocycles. The summed E-state index contributed by atoms with van der Waals surface area (Å²) >= 11 is 3.38. The van der Waals surface area contributed by atoms with Gasteiger partial charge in [0.1, 0.15) is 0 Å². The molecule has 0 atom stereocenters. The van der Waals surface area contributed by atoms with Gasteiger partial charge in [-0.05, 0) is 62.4 Å². The van der Waals surface area contributed by atoms with Crippen LogP contribution in [0, 0.1) is 26.7 Å². The molecule has 0 saturated carbocycles. The highest BCUT2D eigenvalue weighted by molar-refractivity contribution is 9.10. The molecule has 5 nitrogen and oxygen atoms in total. The molecule has 1 N–H and O–H groups in total. The largest absolute Gasteiger partial charge is 0.325 e. The third kappa shape index (κ3) is 5.47. The van der Waals surface area contributed by atoms with E-state index in [2.05, 4.69) is 33.4 Å². The molecule has 1 amide bonds. The highest BCUT2D eigenvalue weighted by Gasteiger charge is 2.31. The summed E-state index contributed by atoms with van der Waals surface area (Å²) in [6.07, 6.45) is 1.07. The van der Waals surface area contributed by atoms with Gasteiger partial charge in [-0.15, -0.1) is 0 Å². The van der Waals surface area contributed by atoms with Gasteiger partial charge in [0.25, 0.3) is 0 Å². The van der Waals surface area contributed by atoms with Crippen molar-refractivity contribution in [2.24, 2.45) is 5.92 Å². The van der Waals surface area contributed by atoms with Crippen molar-refractivity contribution in [3.05, 3.63) is 63.1 Å². The van der Waals surface area contributed by atoms with Crippen LogP contribution in [0.15, 0.2) is 40.9 Å². The van der Waals surface area contributed by atoms with Crippen LogP contribution < -0.4 is 5.32 Å². The predicted molar refractivity (Wildman–Crippen MR) is 120 cm³/mol. The molecule has 0 bridgehead atoms. The Morgan fingerprint density at radius 1 is 1.10 bits per heavy atom. The number of carbonyl (C=O) groups is 1. The Morgan fingerprint density at radius 3 is 2.31 bits per heavy atom. The van der Waals surface area contributed by atoms with Crippen molar-refractivity contribution in [1.82, 2.24) is 4.31 Å². The van der Waals surface area contributed by atoms with Crippen LogP contribution in [0.1, 0.15) is 35.1 Å². The van der Waals surface area contributed by atoms with E-state index in [0.29, 0.717) is 25.9 Å². The number of carbonyl (C=O) groups excluding carboxylic acids is 1. The zero-order chi connectivity index (χ0) is 21.2. The molecule has 29 heavy (non-hydrogen) atoms. The summed E-state index contributed by atoms with van der Waals surface area (Å²) in [4.78, 5) is 12.8. The van der Waals surface area contributed by atoms with Crippen LogP contribution in [0.25, 0.3) is 0 Å². The highest BCUT2D eigenvalue weighted by atomic mass is 79.9. The van der Waals surface area contributed by atoms with Crippen LogP contribution in [-0.4, -0.2) is 31.7 Å². The molecular weight excluding hydrogens is 452 g/mol. The lowest BCUT2D eigenvalue weighted by Crippen LogP contribution is -2.42. The Labute approximate surface area is 181 Å². The van der Waals surface area contributed by atoms with E-state index in [1.54, 1.807) is 0 Å². The van der Waals surface area contributed by atoms with Gasteiger partial charge in [0.15, 0.2) is 0 Å². The number of sulfonamides is 1.